The SMILES string of the molecule is CC.CC.CC(C)C1CCCN(C)C1=O. The first-order valence-electron chi connectivity index (χ1n) is 6.38. The molecule has 2 heteroatoms. The van der Waals surface area contributed by atoms with Crippen molar-refractivity contribution < 1.29 is 4.79 Å². The number of nitrogens with zero attached hydrogens (tertiary/aromatic N) is 1. The molecular weight excluding hydrogens is 186 g/mol. The number of hydrogen-bond acceptors (Lipinski definition) is 1. The Hall–Kier alpha value is -0.530. The quantitative estimate of drug-likeness (QED) is 0.655. The smallest absolute Gasteiger partial charge is 0.225 e. The molecule has 1 rings (SSSR count). The average molecular weight is 215 g/mol. The van der Waals surface area contributed by atoms with Crippen molar-refractivity contribution in [2.45, 2.75) is 54.4 Å². The molecule has 15 heavy (non-hydrogen) atoms. The first kappa shape index (κ1) is 16.9. The van der Waals surface area contributed by atoms with Crippen LogP contribution >= 0.6 is 0 Å². The molecule has 1 aliphatic heterocycles. The van der Waals surface area contributed by atoms with E-state index in [0.29, 0.717) is 11.8 Å². The zero-order valence-electron chi connectivity index (χ0n) is 11.6. The van der Waals surface area contributed by atoms with Crippen molar-refractivity contribution in [2.24, 2.45) is 11.8 Å². The topological polar surface area (TPSA) is 20.3 Å². The fourth-order valence-electron chi connectivity index (χ4n) is 1.68. The maximum atomic E-state index is 11.5. The first-order chi connectivity index (χ1) is 7.13. The maximum absolute atomic E-state index is 11.5. The minimum absolute atomic E-state index is 0.286. The largest absolute Gasteiger partial charge is 0.346 e. The zero-order valence-corrected chi connectivity index (χ0v) is 11.6. The number of hydrogen-bond donors (Lipinski definition) is 0. The highest BCUT2D eigenvalue weighted by Crippen LogP contribution is 2.23. The molecular formula is C13H29NO. The molecule has 92 valence electrons. The molecule has 1 saturated heterocycles. The minimum atomic E-state index is 0.286. The van der Waals surface area contributed by atoms with Crippen LogP contribution in [0.4, 0.5) is 0 Å². The van der Waals surface area contributed by atoms with E-state index in [9.17, 15) is 4.79 Å². The first-order valence-corrected chi connectivity index (χ1v) is 6.38. The summed E-state index contributed by atoms with van der Waals surface area (Å²) in [7, 11) is 1.90. The Morgan fingerprint density at radius 1 is 1.20 bits per heavy atom. The van der Waals surface area contributed by atoms with Gasteiger partial charge in [-0.05, 0) is 18.8 Å². The standard InChI is InChI=1S/C9H17NO.2C2H6/c1-7(2)8-5-4-6-10(3)9(8)11;2*1-2/h7-8H,4-6H2,1-3H3;2*1-2H3. The molecule has 0 aliphatic carbocycles. The van der Waals surface area contributed by atoms with E-state index in [1.165, 1.54) is 6.42 Å². The molecule has 0 bridgehead atoms. The second-order valence-electron chi connectivity index (χ2n) is 3.75. The third kappa shape index (κ3) is 5.81. The molecule has 1 amide bonds. The fourth-order valence-corrected chi connectivity index (χ4v) is 1.68. The lowest BCUT2D eigenvalue weighted by molar-refractivity contribution is -0.138. The Labute approximate surface area is 96.0 Å². The van der Waals surface area contributed by atoms with Crippen molar-refractivity contribution in [3.8, 4) is 0 Å². The van der Waals surface area contributed by atoms with Gasteiger partial charge in [0, 0.05) is 19.5 Å². The lowest BCUT2D eigenvalue weighted by Gasteiger charge is -2.31. The number of carbonyl (C=O) groups excluding carboxylic acids is 1. The normalized spacial score (nSPS) is 20.1. The Balaban J connectivity index is 0. The van der Waals surface area contributed by atoms with Gasteiger partial charge in [-0.15, -0.1) is 0 Å². The Morgan fingerprint density at radius 3 is 2.00 bits per heavy atom. The summed E-state index contributed by atoms with van der Waals surface area (Å²) in [5.41, 5.74) is 0. The zero-order chi connectivity index (χ0) is 12.4. The van der Waals surface area contributed by atoms with E-state index in [4.69, 9.17) is 0 Å². The number of piperidine rings is 1. The molecule has 1 unspecified atom stereocenters. The predicted molar refractivity (Wildman–Crippen MR) is 67.9 cm³/mol. The van der Waals surface area contributed by atoms with Gasteiger partial charge >= 0.3 is 0 Å². The molecule has 0 aromatic carbocycles. The summed E-state index contributed by atoms with van der Waals surface area (Å²) in [5, 5.41) is 0. The molecule has 1 atom stereocenters. The molecule has 0 spiro atoms. The molecule has 1 fully saturated rings. The number of rotatable bonds is 1. The van der Waals surface area contributed by atoms with Gasteiger partial charge in [0.1, 0.15) is 0 Å². The van der Waals surface area contributed by atoms with Gasteiger partial charge in [-0.2, -0.15) is 0 Å². The summed E-state index contributed by atoms with van der Waals surface area (Å²) in [6, 6.07) is 0. The lowest BCUT2D eigenvalue weighted by atomic mass is 9.87. The van der Waals surface area contributed by atoms with Gasteiger partial charge in [0.05, 0.1) is 0 Å². The monoisotopic (exact) mass is 215 g/mol. The molecule has 1 aliphatic rings. The maximum Gasteiger partial charge on any atom is 0.225 e. The fraction of sp³-hybridized carbons (Fsp3) is 0.923. The Kier molecular flexibility index (Phi) is 11.3. The molecule has 0 aromatic heterocycles. The van der Waals surface area contributed by atoms with E-state index in [1.807, 2.05) is 39.6 Å². The van der Waals surface area contributed by atoms with E-state index >= 15 is 0 Å². The van der Waals surface area contributed by atoms with Crippen molar-refractivity contribution in [3.05, 3.63) is 0 Å². The summed E-state index contributed by atoms with van der Waals surface area (Å²) in [4.78, 5) is 13.3. The molecule has 2 nitrogen and oxygen atoms in total. The van der Waals surface area contributed by atoms with Crippen molar-refractivity contribution in [3.63, 3.8) is 0 Å². The van der Waals surface area contributed by atoms with E-state index < -0.39 is 0 Å². The molecule has 0 aromatic rings. The van der Waals surface area contributed by atoms with Crippen molar-refractivity contribution in [1.29, 1.82) is 0 Å². The second kappa shape index (κ2) is 10.0. The molecule has 1 heterocycles. The van der Waals surface area contributed by atoms with Crippen LogP contribution in [0.5, 0.6) is 0 Å². The Morgan fingerprint density at radius 2 is 1.67 bits per heavy atom. The van der Waals surface area contributed by atoms with E-state index in [1.54, 1.807) is 0 Å². The van der Waals surface area contributed by atoms with E-state index in [0.717, 1.165) is 13.0 Å². The minimum Gasteiger partial charge on any atom is -0.346 e. The van der Waals surface area contributed by atoms with Crippen LogP contribution in [-0.2, 0) is 4.79 Å². The van der Waals surface area contributed by atoms with Crippen LogP contribution in [0.1, 0.15) is 54.4 Å². The summed E-state index contributed by atoms with van der Waals surface area (Å²) in [6.45, 7) is 13.2. The van der Waals surface area contributed by atoms with E-state index in [-0.39, 0.29) is 5.92 Å². The van der Waals surface area contributed by atoms with Crippen molar-refractivity contribution >= 4 is 5.91 Å². The van der Waals surface area contributed by atoms with Crippen LogP contribution in [0.25, 0.3) is 0 Å². The number of likely N-dealkylation sites (tertiary alicyclic amines) is 1. The van der Waals surface area contributed by atoms with Gasteiger partial charge in [0.25, 0.3) is 0 Å². The summed E-state index contributed by atoms with van der Waals surface area (Å²) in [6.07, 6.45) is 2.26. The average Bonchev–Trinajstić information content (AvgIpc) is 2.27. The Bertz CT molecular complexity index is 155. The highest BCUT2D eigenvalue weighted by Gasteiger charge is 2.28. The van der Waals surface area contributed by atoms with Crippen molar-refractivity contribution in [2.75, 3.05) is 13.6 Å². The third-order valence-electron chi connectivity index (χ3n) is 2.51. The van der Waals surface area contributed by atoms with Crippen LogP contribution in [0, 0.1) is 11.8 Å². The highest BCUT2D eigenvalue weighted by atomic mass is 16.2. The summed E-state index contributed by atoms with van der Waals surface area (Å²) in [5.74, 6) is 1.13. The van der Waals surface area contributed by atoms with E-state index in [2.05, 4.69) is 13.8 Å². The predicted octanol–water partition coefficient (Wildman–Crippen LogP) is 3.56. The van der Waals surface area contributed by atoms with Crippen LogP contribution in [0.15, 0.2) is 0 Å². The third-order valence-corrected chi connectivity index (χ3v) is 2.51. The van der Waals surface area contributed by atoms with Crippen LogP contribution in [-0.4, -0.2) is 24.4 Å². The van der Waals surface area contributed by atoms with Crippen molar-refractivity contribution in [1.82, 2.24) is 4.90 Å². The van der Waals surface area contributed by atoms with Crippen LogP contribution in [0.3, 0.4) is 0 Å². The number of amides is 1. The van der Waals surface area contributed by atoms with Gasteiger partial charge in [0.15, 0.2) is 0 Å². The van der Waals surface area contributed by atoms with Crippen LogP contribution < -0.4 is 0 Å². The lowest BCUT2D eigenvalue weighted by Crippen LogP contribution is -2.40. The van der Waals surface area contributed by atoms with Gasteiger partial charge in [-0.25, -0.2) is 0 Å². The summed E-state index contributed by atoms with van der Waals surface area (Å²) >= 11 is 0. The summed E-state index contributed by atoms with van der Waals surface area (Å²) < 4.78 is 0. The number of carbonyl (C=O) groups is 1. The van der Waals surface area contributed by atoms with Gasteiger partial charge < -0.3 is 4.90 Å². The van der Waals surface area contributed by atoms with Gasteiger partial charge in [-0.1, -0.05) is 41.5 Å². The molecule has 0 N–H and O–H groups in total. The second-order valence-corrected chi connectivity index (χ2v) is 3.75. The van der Waals surface area contributed by atoms with Gasteiger partial charge in [0.2, 0.25) is 5.91 Å². The van der Waals surface area contributed by atoms with Crippen LogP contribution in [0.2, 0.25) is 0 Å². The van der Waals surface area contributed by atoms with Gasteiger partial charge in [-0.3, -0.25) is 4.79 Å². The molecule has 0 radical (unpaired) electrons. The highest BCUT2D eigenvalue weighted by molar-refractivity contribution is 5.79. The molecule has 0 saturated carbocycles.